The molecule has 0 saturated heterocycles. The first-order valence-corrected chi connectivity index (χ1v) is 5.89. The number of halogens is 1. The zero-order chi connectivity index (χ0) is 14.7. The van der Waals surface area contributed by atoms with Crippen LogP contribution in [0.4, 0.5) is 15.8 Å². The van der Waals surface area contributed by atoms with Gasteiger partial charge in [0.05, 0.1) is 17.6 Å². The van der Waals surface area contributed by atoms with Crippen LogP contribution in [0, 0.1) is 17.1 Å². The van der Waals surface area contributed by atoms with Crippen LogP contribution in [-0.4, -0.2) is 15.7 Å². The van der Waals surface area contributed by atoms with Crippen LogP contribution in [0.1, 0.15) is 23.0 Å². The van der Waals surface area contributed by atoms with E-state index in [1.165, 1.54) is 23.0 Å². The van der Waals surface area contributed by atoms with Crippen molar-refractivity contribution in [2.45, 2.75) is 13.5 Å². The lowest BCUT2D eigenvalue weighted by molar-refractivity contribution is 0.101. The second kappa shape index (κ2) is 5.40. The fraction of sp³-hybridized carbons (Fsp3) is 0.154. The highest BCUT2D eigenvalue weighted by molar-refractivity contribution is 6.06. The SMILES string of the molecule is CCn1ncc(N)c1C(=O)Nc1cccc(F)c1C#N. The van der Waals surface area contributed by atoms with Gasteiger partial charge in [-0.3, -0.25) is 9.48 Å². The Morgan fingerprint density at radius 1 is 1.60 bits per heavy atom. The van der Waals surface area contributed by atoms with E-state index in [-0.39, 0.29) is 22.6 Å². The molecule has 20 heavy (non-hydrogen) atoms. The smallest absolute Gasteiger partial charge is 0.276 e. The number of aromatic nitrogens is 2. The summed E-state index contributed by atoms with van der Waals surface area (Å²) in [5.41, 5.74) is 5.97. The second-order valence-electron chi connectivity index (χ2n) is 3.99. The highest BCUT2D eigenvalue weighted by Gasteiger charge is 2.18. The van der Waals surface area contributed by atoms with Crippen LogP contribution in [0.5, 0.6) is 0 Å². The van der Waals surface area contributed by atoms with Crippen molar-refractivity contribution in [3.63, 3.8) is 0 Å². The Bertz CT molecular complexity index is 701. The molecule has 0 atom stereocenters. The fourth-order valence-corrected chi connectivity index (χ4v) is 1.81. The Hall–Kier alpha value is -2.88. The molecule has 3 N–H and O–H groups in total. The van der Waals surface area contributed by atoms with Gasteiger partial charge in [-0.25, -0.2) is 4.39 Å². The normalized spacial score (nSPS) is 10.1. The third-order valence-corrected chi connectivity index (χ3v) is 2.76. The number of benzene rings is 1. The maximum absolute atomic E-state index is 13.5. The van der Waals surface area contributed by atoms with E-state index in [9.17, 15) is 9.18 Å². The summed E-state index contributed by atoms with van der Waals surface area (Å²) in [4.78, 5) is 12.2. The molecule has 0 aliphatic heterocycles. The van der Waals surface area contributed by atoms with Gasteiger partial charge in [-0.05, 0) is 19.1 Å². The number of amides is 1. The van der Waals surface area contributed by atoms with Crippen LogP contribution in [0.3, 0.4) is 0 Å². The van der Waals surface area contributed by atoms with Crippen LogP contribution in [-0.2, 0) is 6.54 Å². The Labute approximate surface area is 114 Å². The van der Waals surface area contributed by atoms with Crippen LogP contribution in [0.15, 0.2) is 24.4 Å². The maximum Gasteiger partial charge on any atom is 0.276 e. The Balaban J connectivity index is 2.36. The summed E-state index contributed by atoms with van der Waals surface area (Å²) < 4.78 is 14.9. The number of nitrogens with one attached hydrogen (secondary N) is 1. The maximum atomic E-state index is 13.5. The average Bonchev–Trinajstić information content (AvgIpc) is 2.80. The van der Waals surface area contributed by atoms with E-state index in [2.05, 4.69) is 10.4 Å². The van der Waals surface area contributed by atoms with Crippen molar-refractivity contribution in [2.75, 3.05) is 11.1 Å². The number of anilines is 2. The third kappa shape index (κ3) is 2.31. The number of hydrogen-bond donors (Lipinski definition) is 2. The zero-order valence-corrected chi connectivity index (χ0v) is 10.7. The van der Waals surface area contributed by atoms with Crippen molar-refractivity contribution in [2.24, 2.45) is 0 Å². The number of nitrogens with zero attached hydrogens (tertiary/aromatic N) is 3. The number of hydrogen-bond acceptors (Lipinski definition) is 4. The van der Waals surface area contributed by atoms with Crippen molar-refractivity contribution >= 4 is 17.3 Å². The van der Waals surface area contributed by atoms with E-state index in [0.29, 0.717) is 6.54 Å². The minimum Gasteiger partial charge on any atom is -0.396 e. The van der Waals surface area contributed by atoms with Gasteiger partial charge in [0.2, 0.25) is 0 Å². The summed E-state index contributed by atoms with van der Waals surface area (Å²) >= 11 is 0. The van der Waals surface area contributed by atoms with E-state index in [4.69, 9.17) is 11.0 Å². The molecule has 0 saturated carbocycles. The van der Waals surface area contributed by atoms with Crippen LogP contribution in [0.2, 0.25) is 0 Å². The molecule has 1 aromatic carbocycles. The monoisotopic (exact) mass is 273 g/mol. The molecule has 1 amide bonds. The first-order valence-electron chi connectivity index (χ1n) is 5.89. The minimum atomic E-state index is -0.692. The van der Waals surface area contributed by atoms with Crippen LogP contribution in [0.25, 0.3) is 0 Å². The quantitative estimate of drug-likeness (QED) is 0.890. The summed E-state index contributed by atoms with van der Waals surface area (Å²) in [6.07, 6.45) is 1.37. The van der Waals surface area contributed by atoms with Crippen LogP contribution >= 0.6 is 0 Å². The van der Waals surface area contributed by atoms with Gasteiger partial charge in [0.25, 0.3) is 5.91 Å². The van der Waals surface area contributed by atoms with E-state index in [1.54, 1.807) is 6.07 Å². The molecular formula is C13H12FN5O. The lowest BCUT2D eigenvalue weighted by Gasteiger charge is -2.09. The molecule has 0 aliphatic rings. The first kappa shape index (κ1) is 13.5. The molecule has 102 valence electrons. The standard InChI is InChI=1S/C13H12FN5O/c1-2-19-12(10(16)7-17-19)13(20)18-11-5-3-4-9(14)8(11)6-15/h3-5,7H,2,16H2,1H3,(H,18,20). The number of carbonyl (C=O) groups is 1. The van der Waals surface area contributed by atoms with Gasteiger partial charge in [-0.1, -0.05) is 6.07 Å². The minimum absolute atomic E-state index is 0.0979. The molecule has 0 aliphatic carbocycles. The molecule has 7 heteroatoms. The number of nitrogens with two attached hydrogens (primary N) is 1. The second-order valence-corrected chi connectivity index (χ2v) is 3.99. The van der Waals surface area contributed by atoms with Gasteiger partial charge < -0.3 is 11.1 Å². The molecule has 0 radical (unpaired) electrons. The van der Waals surface area contributed by atoms with Gasteiger partial charge in [-0.15, -0.1) is 0 Å². The van der Waals surface area contributed by atoms with Crippen molar-refractivity contribution in [1.29, 1.82) is 5.26 Å². The van der Waals surface area contributed by atoms with Crippen molar-refractivity contribution in [3.8, 4) is 6.07 Å². The predicted octanol–water partition coefficient (Wildman–Crippen LogP) is 1.75. The fourth-order valence-electron chi connectivity index (χ4n) is 1.81. The average molecular weight is 273 g/mol. The van der Waals surface area contributed by atoms with Crippen molar-refractivity contribution < 1.29 is 9.18 Å². The number of aryl methyl sites for hydroxylation is 1. The highest BCUT2D eigenvalue weighted by atomic mass is 19.1. The number of nitrogen functional groups attached to an aromatic ring is 1. The van der Waals surface area contributed by atoms with Crippen molar-refractivity contribution in [1.82, 2.24) is 9.78 Å². The van der Waals surface area contributed by atoms with Gasteiger partial charge in [0.15, 0.2) is 0 Å². The molecule has 0 fully saturated rings. The van der Waals surface area contributed by atoms with Gasteiger partial charge in [-0.2, -0.15) is 10.4 Å². The topological polar surface area (TPSA) is 96.7 Å². The molecule has 1 aromatic heterocycles. The number of nitriles is 1. The Morgan fingerprint density at radius 2 is 2.35 bits per heavy atom. The first-order chi connectivity index (χ1) is 9.58. The summed E-state index contributed by atoms with van der Waals surface area (Å²) in [6.45, 7) is 2.28. The molecule has 6 nitrogen and oxygen atoms in total. The Morgan fingerprint density at radius 3 is 3.00 bits per heavy atom. The summed E-state index contributed by atoms with van der Waals surface area (Å²) in [7, 11) is 0. The van der Waals surface area contributed by atoms with E-state index in [1.807, 2.05) is 6.92 Å². The third-order valence-electron chi connectivity index (χ3n) is 2.76. The molecule has 0 spiro atoms. The van der Waals surface area contributed by atoms with E-state index < -0.39 is 11.7 Å². The molecule has 0 bridgehead atoms. The van der Waals surface area contributed by atoms with Crippen LogP contribution < -0.4 is 11.1 Å². The van der Waals surface area contributed by atoms with Gasteiger partial charge >= 0.3 is 0 Å². The van der Waals surface area contributed by atoms with Crippen molar-refractivity contribution in [3.05, 3.63) is 41.5 Å². The number of rotatable bonds is 3. The summed E-state index contributed by atoms with van der Waals surface area (Å²) in [5.74, 6) is -1.23. The lowest BCUT2D eigenvalue weighted by Crippen LogP contribution is -2.19. The predicted molar refractivity (Wildman–Crippen MR) is 71.4 cm³/mol. The summed E-state index contributed by atoms with van der Waals surface area (Å²) in [5, 5.41) is 15.3. The Kier molecular flexibility index (Phi) is 3.66. The summed E-state index contributed by atoms with van der Waals surface area (Å²) in [6, 6.07) is 5.72. The zero-order valence-electron chi connectivity index (χ0n) is 10.7. The molecular weight excluding hydrogens is 261 g/mol. The van der Waals surface area contributed by atoms with Gasteiger partial charge in [0, 0.05) is 6.54 Å². The largest absolute Gasteiger partial charge is 0.396 e. The van der Waals surface area contributed by atoms with Gasteiger partial charge in [0.1, 0.15) is 23.1 Å². The number of carbonyl (C=O) groups excluding carboxylic acids is 1. The molecule has 2 aromatic rings. The lowest BCUT2D eigenvalue weighted by atomic mass is 10.2. The molecule has 1 heterocycles. The van der Waals surface area contributed by atoms with E-state index >= 15 is 0 Å². The highest BCUT2D eigenvalue weighted by Crippen LogP contribution is 2.20. The van der Waals surface area contributed by atoms with E-state index in [0.717, 1.165) is 6.07 Å². The molecule has 2 rings (SSSR count). The molecule has 0 unspecified atom stereocenters.